The lowest BCUT2D eigenvalue weighted by molar-refractivity contribution is 0.160. The van der Waals surface area contributed by atoms with Crippen molar-refractivity contribution in [2.24, 2.45) is 11.7 Å². The van der Waals surface area contributed by atoms with Crippen molar-refractivity contribution in [2.75, 3.05) is 19.7 Å². The molecule has 1 aromatic rings. The molecular weight excluding hydrogens is 280 g/mol. The second-order valence-electron chi connectivity index (χ2n) is 6.12. The average molecular weight is 308 g/mol. The summed E-state index contributed by atoms with van der Waals surface area (Å²) in [4.78, 5) is 2.97. The SMILES string of the molecule is CC(C)CN(CCOc1ccc(CC(N)=S)cc1)C(C)C. The number of hydrogen-bond donors (Lipinski definition) is 1. The van der Waals surface area contributed by atoms with E-state index in [0.717, 1.165) is 24.4 Å². The van der Waals surface area contributed by atoms with Crippen molar-refractivity contribution in [3.8, 4) is 5.75 Å². The van der Waals surface area contributed by atoms with Crippen LogP contribution in [0.25, 0.3) is 0 Å². The largest absolute Gasteiger partial charge is 0.492 e. The number of nitrogens with zero attached hydrogens (tertiary/aromatic N) is 1. The molecule has 0 bridgehead atoms. The highest BCUT2D eigenvalue weighted by Crippen LogP contribution is 2.13. The lowest BCUT2D eigenvalue weighted by atomic mass is 10.1. The molecule has 2 N–H and O–H groups in total. The summed E-state index contributed by atoms with van der Waals surface area (Å²) in [5.41, 5.74) is 6.66. The minimum atomic E-state index is 0.518. The molecule has 3 nitrogen and oxygen atoms in total. The summed E-state index contributed by atoms with van der Waals surface area (Å²) in [5, 5.41) is 0. The first-order valence-corrected chi connectivity index (χ1v) is 8.03. The standard InChI is InChI=1S/C17H28N2OS/c1-13(2)12-19(14(3)4)9-10-20-16-7-5-15(6-8-16)11-17(18)21/h5-8,13-14H,9-12H2,1-4H3,(H2,18,21). The van der Waals surface area contributed by atoms with Gasteiger partial charge >= 0.3 is 0 Å². The van der Waals surface area contributed by atoms with Crippen molar-refractivity contribution in [1.29, 1.82) is 0 Å². The minimum absolute atomic E-state index is 0.518. The van der Waals surface area contributed by atoms with Gasteiger partial charge in [-0.25, -0.2) is 0 Å². The van der Waals surface area contributed by atoms with E-state index in [1.54, 1.807) is 0 Å². The maximum Gasteiger partial charge on any atom is 0.119 e. The number of ether oxygens (including phenoxy) is 1. The number of rotatable bonds is 9. The highest BCUT2D eigenvalue weighted by Gasteiger charge is 2.11. The molecule has 0 spiro atoms. The Morgan fingerprint density at radius 3 is 2.29 bits per heavy atom. The smallest absolute Gasteiger partial charge is 0.119 e. The molecule has 0 unspecified atom stereocenters. The summed E-state index contributed by atoms with van der Waals surface area (Å²) in [7, 11) is 0. The molecule has 0 amide bonds. The molecule has 0 aromatic heterocycles. The van der Waals surface area contributed by atoms with Crippen LogP contribution in [0.3, 0.4) is 0 Å². The first kappa shape index (κ1) is 17.9. The first-order valence-electron chi connectivity index (χ1n) is 7.62. The van der Waals surface area contributed by atoms with E-state index in [4.69, 9.17) is 22.7 Å². The topological polar surface area (TPSA) is 38.5 Å². The van der Waals surface area contributed by atoms with Gasteiger partial charge < -0.3 is 10.5 Å². The normalized spacial score (nSPS) is 11.4. The van der Waals surface area contributed by atoms with Gasteiger partial charge in [0.2, 0.25) is 0 Å². The summed E-state index contributed by atoms with van der Waals surface area (Å²) in [6.07, 6.45) is 0.644. The summed E-state index contributed by atoms with van der Waals surface area (Å²) in [6, 6.07) is 8.54. The van der Waals surface area contributed by atoms with Crippen LogP contribution in [0.2, 0.25) is 0 Å². The van der Waals surface area contributed by atoms with E-state index in [1.807, 2.05) is 24.3 Å². The fourth-order valence-corrected chi connectivity index (χ4v) is 2.38. The second-order valence-corrected chi connectivity index (χ2v) is 6.64. The van der Waals surface area contributed by atoms with Gasteiger partial charge in [-0.3, -0.25) is 4.90 Å². The Balaban J connectivity index is 2.42. The lowest BCUT2D eigenvalue weighted by Gasteiger charge is -2.28. The highest BCUT2D eigenvalue weighted by atomic mass is 32.1. The number of thiocarbonyl (C=S) groups is 1. The van der Waals surface area contributed by atoms with E-state index >= 15 is 0 Å². The fourth-order valence-electron chi connectivity index (χ4n) is 2.21. The molecule has 118 valence electrons. The van der Waals surface area contributed by atoms with Crippen LogP contribution in [0.5, 0.6) is 5.75 Å². The van der Waals surface area contributed by atoms with E-state index in [1.165, 1.54) is 0 Å². The highest BCUT2D eigenvalue weighted by molar-refractivity contribution is 7.80. The third-order valence-corrected chi connectivity index (χ3v) is 3.42. The monoisotopic (exact) mass is 308 g/mol. The third kappa shape index (κ3) is 7.44. The van der Waals surface area contributed by atoms with Crippen LogP contribution in [-0.2, 0) is 6.42 Å². The number of hydrogen-bond acceptors (Lipinski definition) is 3. The molecule has 0 saturated heterocycles. The van der Waals surface area contributed by atoms with E-state index in [2.05, 4.69) is 32.6 Å². The quantitative estimate of drug-likeness (QED) is 0.711. The van der Waals surface area contributed by atoms with E-state index in [0.29, 0.717) is 30.0 Å². The number of nitrogens with two attached hydrogens (primary N) is 1. The molecule has 0 fully saturated rings. The van der Waals surface area contributed by atoms with E-state index in [9.17, 15) is 0 Å². The maximum absolute atomic E-state index is 5.82. The van der Waals surface area contributed by atoms with Crippen molar-refractivity contribution >= 4 is 17.2 Å². The fraction of sp³-hybridized carbons (Fsp3) is 0.588. The Morgan fingerprint density at radius 1 is 1.19 bits per heavy atom. The Bertz CT molecular complexity index is 429. The van der Waals surface area contributed by atoms with Crippen molar-refractivity contribution in [3.63, 3.8) is 0 Å². The molecule has 21 heavy (non-hydrogen) atoms. The molecule has 0 radical (unpaired) electrons. The Kier molecular flexibility index (Phi) is 7.68. The molecule has 0 heterocycles. The van der Waals surface area contributed by atoms with Gasteiger partial charge in [0.15, 0.2) is 0 Å². The van der Waals surface area contributed by atoms with E-state index in [-0.39, 0.29) is 0 Å². The van der Waals surface area contributed by atoms with Crippen LogP contribution in [0, 0.1) is 5.92 Å². The third-order valence-electron chi connectivity index (χ3n) is 3.28. The summed E-state index contributed by atoms with van der Waals surface area (Å²) < 4.78 is 5.82. The molecule has 1 aromatic carbocycles. The molecule has 0 aliphatic heterocycles. The van der Waals surface area contributed by atoms with Crippen LogP contribution in [-0.4, -0.2) is 35.6 Å². The summed E-state index contributed by atoms with van der Waals surface area (Å²) >= 11 is 4.91. The molecule has 0 aliphatic carbocycles. The van der Waals surface area contributed by atoms with Crippen LogP contribution in [0.1, 0.15) is 33.3 Å². The Labute approximate surface area is 134 Å². The van der Waals surface area contributed by atoms with Crippen LogP contribution in [0.15, 0.2) is 24.3 Å². The van der Waals surface area contributed by atoms with Gasteiger partial charge in [0.05, 0.1) is 4.99 Å². The number of benzene rings is 1. The predicted molar refractivity (Wildman–Crippen MR) is 94.0 cm³/mol. The summed E-state index contributed by atoms with van der Waals surface area (Å²) in [5.74, 6) is 1.57. The zero-order valence-electron chi connectivity index (χ0n) is 13.6. The summed E-state index contributed by atoms with van der Waals surface area (Å²) in [6.45, 7) is 11.7. The zero-order chi connectivity index (χ0) is 15.8. The van der Waals surface area contributed by atoms with Crippen molar-refractivity contribution in [2.45, 2.75) is 40.2 Å². The van der Waals surface area contributed by atoms with Crippen molar-refractivity contribution in [1.82, 2.24) is 4.90 Å². The molecule has 1 rings (SSSR count). The zero-order valence-corrected chi connectivity index (χ0v) is 14.5. The van der Waals surface area contributed by atoms with Gasteiger partial charge in [0.1, 0.15) is 12.4 Å². The molecule has 0 aliphatic rings. The minimum Gasteiger partial charge on any atom is -0.492 e. The van der Waals surface area contributed by atoms with E-state index < -0.39 is 0 Å². The van der Waals surface area contributed by atoms with Gasteiger partial charge in [-0.05, 0) is 37.5 Å². The van der Waals surface area contributed by atoms with Gasteiger partial charge in [0, 0.05) is 25.6 Å². The molecule has 0 atom stereocenters. The van der Waals surface area contributed by atoms with Gasteiger partial charge in [-0.2, -0.15) is 0 Å². The Hall–Kier alpha value is -1.13. The van der Waals surface area contributed by atoms with Gasteiger partial charge in [0.25, 0.3) is 0 Å². The van der Waals surface area contributed by atoms with Gasteiger partial charge in [-0.15, -0.1) is 0 Å². The average Bonchev–Trinajstić information content (AvgIpc) is 2.38. The van der Waals surface area contributed by atoms with Crippen molar-refractivity contribution in [3.05, 3.63) is 29.8 Å². The second kappa shape index (κ2) is 9.00. The molecule has 0 saturated carbocycles. The lowest BCUT2D eigenvalue weighted by Crippen LogP contribution is -2.37. The van der Waals surface area contributed by atoms with Crippen LogP contribution in [0.4, 0.5) is 0 Å². The van der Waals surface area contributed by atoms with Crippen LogP contribution >= 0.6 is 12.2 Å². The molecular formula is C17H28N2OS. The first-order chi connectivity index (χ1) is 9.88. The predicted octanol–water partition coefficient (Wildman–Crippen LogP) is 3.26. The molecule has 4 heteroatoms. The Morgan fingerprint density at radius 2 is 1.81 bits per heavy atom. The van der Waals surface area contributed by atoms with Crippen LogP contribution < -0.4 is 10.5 Å². The van der Waals surface area contributed by atoms with Gasteiger partial charge in [-0.1, -0.05) is 38.2 Å². The van der Waals surface area contributed by atoms with Crippen molar-refractivity contribution < 1.29 is 4.74 Å². The maximum atomic E-state index is 5.82.